The van der Waals surface area contributed by atoms with E-state index >= 15 is 0 Å². The monoisotopic (exact) mass is 453 g/mol. The van der Waals surface area contributed by atoms with Crippen molar-refractivity contribution in [3.63, 3.8) is 0 Å². The van der Waals surface area contributed by atoms with E-state index in [1.807, 2.05) is 32.0 Å². The second-order valence-corrected chi connectivity index (χ2v) is 8.50. The van der Waals surface area contributed by atoms with E-state index in [1.165, 1.54) is 24.4 Å². The lowest BCUT2D eigenvalue weighted by atomic mass is 10.1. The fourth-order valence-electron chi connectivity index (χ4n) is 3.20. The van der Waals surface area contributed by atoms with E-state index in [0.29, 0.717) is 28.9 Å². The number of benzene rings is 2. The number of amidine groups is 1. The Morgan fingerprint density at radius 3 is 2.62 bits per heavy atom. The molecule has 0 radical (unpaired) electrons. The number of carbonyl (C=O) groups excluding carboxylic acids is 2. The van der Waals surface area contributed by atoms with Gasteiger partial charge < -0.3 is 14.8 Å². The molecule has 0 aromatic heterocycles. The number of methoxy groups -OCH3 is 2. The number of ether oxygens (including phenoxy) is 2. The summed E-state index contributed by atoms with van der Waals surface area (Å²) in [4.78, 5) is 31.9. The number of amides is 2. The van der Waals surface area contributed by atoms with Crippen LogP contribution in [0.15, 0.2) is 54.0 Å². The highest BCUT2D eigenvalue weighted by Gasteiger charge is 2.38. The first-order chi connectivity index (χ1) is 15.4. The van der Waals surface area contributed by atoms with Crippen LogP contribution in [0.5, 0.6) is 11.5 Å². The average Bonchev–Trinajstić information content (AvgIpc) is 3.05. The van der Waals surface area contributed by atoms with Crippen molar-refractivity contribution in [3.8, 4) is 11.5 Å². The predicted octanol–water partition coefficient (Wildman–Crippen LogP) is 4.47. The van der Waals surface area contributed by atoms with Crippen LogP contribution in [0.25, 0.3) is 0 Å². The van der Waals surface area contributed by atoms with Gasteiger partial charge in [-0.25, -0.2) is 4.99 Å². The lowest BCUT2D eigenvalue weighted by Crippen LogP contribution is -2.33. The van der Waals surface area contributed by atoms with E-state index < -0.39 is 5.25 Å². The minimum atomic E-state index is -0.565. The van der Waals surface area contributed by atoms with Crippen molar-refractivity contribution in [1.29, 1.82) is 0 Å². The van der Waals surface area contributed by atoms with Gasteiger partial charge in [0.25, 0.3) is 0 Å². The lowest BCUT2D eigenvalue weighted by molar-refractivity contribution is -0.127. The molecule has 3 rings (SSSR count). The zero-order chi connectivity index (χ0) is 23.3. The first-order valence-electron chi connectivity index (χ1n) is 10.1. The van der Waals surface area contributed by atoms with E-state index in [1.54, 1.807) is 36.3 Å². The highest BCUT2D eigenvalue weighted by Crippen LogP contribution is 2.33. The molecule has 32 heavy (non-hydrogen) atoms. The number of aryl methyl sites for hydroxylation is 2. The maximum atomic E-state index is 13.0. The quantitative estimate of drug-likeness (QED) is 0.597. The summed E-state index contributed by atoms with van der Waals surface area (Å²) < 4.78 is 10.5. The molecule has 168 valence electrons. The van der Waals surface area contributed by atoms with Crippen LogP contribution >= 0.6 is 11.8 Å². The van der Waals surface area contributed by atoms with Crippen molar-refractivity contribution in [2.45, 2.75) is 25.5 Å². The number of hydrogen-bond donors (Lipinski definition) is 1. The average molecular weight is 454 g/mol. The molecular formula is C24H27N3O4S. The standard InChI is InChI=1S/C24H27N3O4S/c1-6-11-27-23(29)21(32-24(27)25-17-8-7-15(2)16(3)12-17)14-22(28)26-19-10-9-18(30-4)13-20(19)31-5/h6-10,12-13,21H,1,11,14H2,2-5H3,(H,26,28). The topological polar surface area (TPSA) is 80.2 Å². The molecule has 1 saturated heterocycles. The molecule has 1 atom stereocenters. The maximum absolute atomic E-state index is 13.0. The largest absolute Gasteiger partial charge is 0.497 e. The summed E-state index contributed by atoms with van der Waals surface area (Å²) in [6.45, 7) is 8.13. The van der Waals surface area contributed by atoms with Crippen molar-refractivity contribution in [2.75, 3.05) is 26.1 Å². The third kappa shape index (κ3) is 5.31. The number of aliphatic imine (C=N–C) groups is 1. The van der Waals surface area contributed by atoms with Gasteiger partial charge in [0.15, 0.2) is 5.17 Å². The van der Waals surface area contributed by atoms with Gasteiger partial charge >= 0.3 is 0 Å². The molecule has 0 spiro atoms. The van der Waals surface area contributed by atoms with Crippen molar-refractivity contribution in [1.82, 2.24) is 4.90 Å². The van der Waals surface area contributed by atoms with Gasteiger partial charge in [0.05, 0.1) is 25.6 Å². The SMILES string of the molecule is C=CCN1C(=O)C(CC(=O)Nc2ccc(OC)cc2OC)SC1=Nc1ccc(C)c(C)c1. The second kappa shape index (κ2) is 10.4. The van der Waals surface area contributed by atoms with Crippen molar-refractivity contribution in [2.24, 2.45) is 4.99 Å². The van der Waals surface area contributed by atoms with E-state index in [0.717, 1.165) is 11.3 Å². The highest BCUT2D eigenvalue weighted by atomic mass is 32.2. The molecule has 2 aromatic carbocycles. The van der Waals surface area contributed by atoms with Crippen LogP contribution in [0, 0.1) is 13.8 Å². The van der Waals surface area contributed by atoms with Gasteiger partial charge in [-0.2, -0.15) is 0 Å². The number of hydrogen-bond acceptors (Lipinski definition) is 6. The van der Waals surface area contributed by atoms with E-state index in [2.05, 4.69) is 16.9 Å². The zero-order valence-electron chi connectivity index (χ0n) is 18.7. The normalized spacial score (nSPS) is 16.9. The van der Waals surface area contributed by atoms with Crippen molar-refractivity contribution in [3.05, 3.63) is 60.2 Å². The van der Waals surface area contributed by atoms with Crippen LogP contribution in [0.2, 0.25) is 0 Å². The second-order valence-electron chi connectivity index (χ2n) is 7.33. The third-order valence-electron chi connectivity index (χ3n) is 5.10. The molecule has 0 bridgehead atoms. The van der Waals surface area contributed by atoms with Gasteiger partial charge in [-0.05, 0) is 49.2 Å². The number of carbonyl (C=O) groups is 2. The third-order valence-corrected chi connectivity index (χ3v) is 6.28. The smallest absolute Gasteiger partial charge is 0.242 e. The highest BCUT2D eigenvalue weighted by molar-refractivity contribution is 8.15. The fraction of sp³-hybridized carbons (Fsp3) is 0.292. The molecule has 0 aliphatic carbocycles. The number of rotatable bonds is 8. The van der Waals surface area contributed by atoms with Crippen LogP contribution in [0.1, 0.15) is 17.5 Å². The molecule has 1 unspecified atom stereocenters. The summed E-state index contributed by atoms with van der Waals surface area (Å²) in [6.07, 6.45) is 1.66. The van der Waals surface area contributed by atoms with Crippen LogP contribution in [0.4, 0.5) is 11.4 Å². The summed E-state index contributed by atoms with van der Waals surface area (Å²) in [5.74, 6) is 0.654. The number of anilines is 1. The Hall–Kier alpha value is -3.26. The molecule has 2 aromatic rings. The number of nitrogens with zero attached hydrogens (tertiary/aromatic N) is 2. The van der Waals surface area contributed by atoms with E-state index in [-0.39, 0.29) is 18.2 Å². The van der Waals surface area contributed by atoms with Crippen molar-refractivity contribution < 1.29 is 19.1 Å². The number of nitrogens with one attached hydrogen (secondary N) is 1. The first kappa shape index (κ1) is 23.4. The van der Waals surface area contributed by atoms with Crippen LogP contribution in [-0.4, -0.2) is 47.9 Å². The molecular weight excluding hydrogens is 426 g/mol. The van der Waals surface area contributed by atoms with Crippen LogP contribution in [-0.2, 0) is 9.59 Å². The fourth-order valence-corrected chi connectivity index (χ4v) is 4.37. The van der Waals surface area contributed by atoms with E-state index in [9.17, 15) is 9.59 Å². The summed E-state index contributed by atoms with van der Waals surface area (Å²) in [5, 5.41) is 2.82. The van der Waals surface area contributed by atoms with Gasteiger partial charge in [0.1, 0.15) is 16.7 Å². The molecule has 1 fully saturated rings. The minimum Gasteiger partial charge on any atom is -0.497 e. The molecule has 0 saturated carbocycles. The van der Waals surface area contributed by atoms with Crippen LogP contribution in [0.3, 0.4) is 0 Å². The van der Waals surface area contributed by atoms with E-state index in [4.69, 9.17) is 9.47 Å². The summed E-state index contributed by atoms with van der Waals surface area (Å²) in [5.41, 5.74) is 3.59. The summed E-state index contributed by atoms with van der Waals surface area (Å²) in [7, 11) is 3.07. The van der Waals surface area contributed by atoms with Gasteiger partial charge in [0, 0.05) is 19.0 Å². The van der Waals surface area contributed by atoms with Gasteiger partial charge in [0.2, 0.25) is 11.8 Å². The number of thioether (sulfide) groups is 1. The van der Waals surface area contributed by atoms with Gasteiger partial charge in [-0.15, -0.1) is 6.58 Å². The Balaban J connectivity index is 1.76. The molecule has 1 heterocycles. The zero-order valence-corrected chi connectivity index (χ0v) is 19.5. The molecule has 8 heteroatoms. The first-order valence-corrected chi connectivity index (χ1v) is 11.0. The molecule has 1 aliphatic rings. The Bertz CT molecular complexity index is 1070. The lowest BCUT2D eigenvalue weighted by Gasteiger charge is -2.14. The predicted molar refractivity (Wildman–Crippen MR) is 129 cm³/mol. The molecule has 7 nitrogen and oxygen atoms in total. The Kier molecular flexibility index (Phi) is 7.58. The molecule has 1 N–H and O–H groups in total. The Labute approximate surface area is 192 Å². The van der Waals surface area contributed by atoms with Crippen molar-refractivity contribution >= 4 is 40.1 Å². The molecule has 1 aliphatic heterocycles. The Morgan fingerprint density at radius 2 is 1.97 bits per heavy atom. The van der Waals surface area contributed by atoms with Crippen LogP contribution < -0.4 is 14.8 Å². The maximum Gasteiger partial charge on any atom is 0.242 e. The Morgan fingerprint density at radius 1 is 1.19 bits per heavy atom. The minimum absolute atomic E-state index is 0.0122. The summed E-state index contributed by atoms with van der Waals surface area (Å²) >= 11 is 1.29. The molecule has 2 amide bonds. The summed E-state index contributed by atoms with van der Waals surface area (Å²) in [6, 6.07) is 11.0. The van der Waals surface area contributed by atoms with Gasteiger partial charge in [-0.3, -0.25) is 14.5 Å². The van der Waals surface area contributed by atoms with Gasteiger partial charge in [-0.1, -0.05) is 23.9 Å².